The standard InChI is InChI=1S/C14H20ClFN2O2/c1-2-3-10(6-7-19)9-17-14(20)18-13-5-4-11(16)8-12(13)15/h4-5,8,10,19H,2-3,6-7,9H2,1H3,(H2,17,18,20). The van der Waals surface area contributed by atoms with E-state index in [4.69, 9.17) is 16.7 Å². The van der Waals surface area contributed by atoms with Gasteiger partial charge in [-0.1, -0.05) is 24.9 Å². The van der Waals surface area contributed by atoms with Gasteiger partial charge < -0.3 is 15.7 Å². The van der Waals surface area contributed by atoms with E-state index in [1.54, 1.807) is 0 Å². The highest BCUT2D eigenvalue weighted by Crippen LogP contribution is 2.22. The Labute approximate surface area is 123 Å². The fourth-order valence-corrected chi connectivity index (χ4v) is 2.15. The number of rotatable bonds is 7. The summed E-state index contributed by atoms with van der Waals surface area (Å²) in [7, 11) is 0. The minimum absolute atomic E-state index is 0.109. The van der Waals surface area contributed by atoms with E-state index in [0.29, 0.717) is 18.7 Å². The molecule has 4 nitrogen and oxygen atoms in total. The SMILES string of the molecule is CCCC(CCO)CNC(=O)Nc1ccc(F)cc1Cl. The van der Waals surface area contributed by atoms with Crippen molar-refractivity contribution in [2.24, 2.45) is 5.92 Å². The van der Waals surface area contributed by atoms with Crippen LogP contribution in [-0.2, 0) is 0 Å². The number of halogens is 2. The first-order valence-corrected chi connectivity index (χ1v) is 7.05. The van der Waals surface area contributed by atoms with Crippen LogP contribution >= 0.6 is 11.6 Å². The van der Waals surface area contributed by atoms with Gasteiger partial charge in [0.2, 0.25) is 0 Å². The summed E-state index contributed by atoms with van der Waals surface area (Å²) in [5, 5.41) is 14.4. The van der Waals surface area contributed by atoms with Gasteiger partial charge in [0.1, 0.15) is 5.82 Å². The van der Waals surface area contributed by atoms with Gasteiger partial charge >= 0.3 is 6.03 Å². The predicted molar refractivity (Wildman–Crippen MR) is 78.5 cm³/mol. The first-order valence-electron chi connectivity index (χ1n) is 6.67. The zero-order chi connectivity index (χ0) is 15.0. The smallest absolute Gasteiger partial charge is 0.319 e. The maximum atomic E-state index is 12.9. The molecule has 20 heavy (non-hydrogen) atoms. The topological polar surface area (TPSA) is 61.4 Å². The number of hydrogen-bond donors (Lipinski definition) is 3. The van der Waals surface area contributed by atoms with Gasteiger partial charge in [-0.05, 0) is 37.0 Å². The minimum atomic E-state index is -0.452. The lowest BCUT2D eigenvalue weighted by Crippen LogP contribution is -2.33. The Morgan fingerprint density at radius 3 is 2.80 bits per heavy atom. The van der Waals surface area contributed by atoms with E-state index in [9.17, 15) is 9.18 Å². The lowest BCUT2D eigenvalue weighted by Gasteiger charge is -2.16. The first-order chi connectivity index (χ1) is 9.56. The van der Waals surface area contributed by atoms with Crippen molar-refractivity contribution in [3.63, 3.8) is 0 Å². The van der Waals surface area contributed by atoms with Crippen LogP contribution in [0.4, 0.5) is 14.9 Å². The summed E-state index contributed by atoms with van der Waals surface area (Å²) < 4.78 is 12.9. The van der Waals surface area contributed by atoms with E-state index < -0.39 is 11.8 Å². The van der Waals surface area contributed by atoms with Gasteiger partial charge in [0.15, 0.2) is 0 Å². The lowest BCUT2D eigenvalue weighted by molar-refractivity contribution is 0.237. The second kappa shape index (κ2) is 8.76. The van der Waals surface area contributed by atoms with Crippen LogP contribution in [0.15, 0.2) is 18.2 Å². The average Bonchev–Trinajstić information content (AvgIpc) is 2.40. The molecular weight excluding hydrogens is 283 g/mol. The molecule has 0 aliphatic heterocycles. The number of nitrogens with one attached hydrogen (secondary N) is 2. The number of aliphatic hydroxyl groups excluding tert-OH is 1. The van der Waals surface area contributed by atoms with Crippen LogP contribution in [0.25, 0.3) is 0 Å². The molecule has 0 saturated carbocycles. The molecule has 1 aromatic rings. The van der Waals surface area contributed by atoms with Gasteiger partial charge in [0.25, 0.3) is 0 Å². The summed E-state index contributed by atoms with van der Waals surface area (Å²) in [6.45, 7) is 2.65. The largest absolute Gasteiger partial charge is 0.396 e. The molecule has 0 aromatic heterocycles. The number of hydrogen-bond acceptors (Lipinski definition) is 2. The van der Waals surface area contributed by atoms with Gasteiger partial charge in [-0.3, -0.25) is 0 Å². The van der Waals surface area contributed by atoms with Crippen LogP contribution in [0.3, 0.4) is 0 Å². The predicted octanol–water partition coefficient (Wildman–Crippen LogP) is 3.40. The quantitative estimate of drug-likeness (QED) is 0.723. The van der Waals surface area contributed by atoms with E-state index in [-0.39, 0.29) is 17.5 Å². The average molecular weight is 303 g/mol. The van der Waals surface area contributed by atoms with Crippen molar-refractivity contribution in [1.82, 2.24) is 5.32 Å². The number of carbonyl (C=O) groups excluding carboxylic acids is 1. The Hall–Kier alpha value is -1.33. The Morgan fingerprint density at radius 1 is 1.45 bits per heavy atom. The summed E-state index contributed by atoms with van der Waals surface area (Å²) in [5.74, 6) is -0.202. The van der Waals surface area contributed by atoms with Crippen LogP contribution < -0.4 is 10.6 Å². The first kappa shape index (κ1) is 16.7. The third kappa shape index (κ3) is 5.75. The minimum Gasteiger partial charge on any atom is -0.396 e. The number of benzene rings is 1. The molecule has 0 saturated heterocycles. The Morgan fingerprint density at radius 2 is 2.20 bits per heavy atom. The molecule has 0 bridgehead atoms. The molecule has 112 valence electrons. The van der Waals surface area contributed by atoms with Crippen LogP contribution in [0.5, 0.6) is 0 Å². The second-order valence-electron chi connectivity index (χ2n) is 4.63. The number of amides is 2. The molecule has 0 aliphatic carbocycles. The van der Waals surface area contributed by atoms with Gasteiger partial charge in [-0.15, -0.1) is 0 Å². The van der Waals surface area contributed by atoms with Gasteiger partial charge in [0.05, 0.1) is 10.7 Å². The van der Waals surface area contributed by atoms with Gasteiger partial charge in [-0.2, -0.15) is 0 Å². The van der Waals surface area contributed by atoms with Crippen molar-refractivity contribution >= 4 is 23.3 Å². The fourth-order valence-electron chi connectivity index (χ4n) is 1.93. The van der Waals surface area contributed by atoms with Crippen molar-refractivity contribution in [3.05, 3.63) is 29.0 Å². The van der Waals surface area contributed by atoms with E-state index in [1.807, 2.05) is 0 Å². The number of carbonyl (C=O) groups is 1. The van der Waals surface area contributed by atoms with E-state index in [1.165, 1.54) is 12.1 Å². The lowest BCUT2D eigenvalue weighted by atomic mass is 10.0. The van der Waals surface area contributed by atoms with Crippen LogP contribution in [0.1, 0.15) is 26.2 Å². The highest BCUT2D eigenvalue weighted by Gasteiger charge is 2.10. The van der Waals surface area contributed by atoms with Crippen molar-refractivity contribution in [3.8, 4) is 0 Å². The molecular formula is C14H20ClFN2O2. The van der Waals surface area contributed by atoms with Gasteiger partial charge in [0, 0.05) is 13.2 Å². The molecule has 0 radical (unpaired) electrons. The third-order valence-corrected chi connectivity index (χ3v) is 3.28. The number of urea groups is 1. The zero-order valence-electron chi connectivity index (χ0n) is 11.5. The Balaban J connectivity index is 2.46. The Kier molecular flexibility index (Phi) is 7.33. The molecule has 1 atom stereocenters. The molecule has 0 heterocycles. The second-order valence-corrected chi connectivity index (χ2v) is 5.03. The molecule has 6 heteroatoms. The van der Waals surface area contributed by atoms with Crippen LogP contribution in [0, 0.1) is 11.7 Å². The highest BCUT2D eigenvalue weighted by molar-refractivity contribution is 6.33. The molecule has 0 aliphatic rings. The van der Waals surface area contributed by atoms with Gasteiger partial charge in [-0.25, -0.2) is 9.18 Å². The van der Waals surface area contributed by atoms with E-state index in [0.717, 1.165) is 18.9 Å². The van der Waals surface area contributed by atoms with Crippen LogP contribution in [0.2, 0.25) is 5.02 Å². The summed E-state index contributed by atoms with van der Waals surface area (Å²) >= 11 is 5.82. The third-order valence-electron chi connectivity index (χ3n) is 2.96. The maximum absolute atomic E-state index is 12.9. The van der Waals surface area contributed by atoms with Crippen molar-refractivity contribution in [2.45, 2.75) is 26.2 Å². The van der Waals surface area contributed by atoms with Crippen molar-refractivity contribution in [1.29, 1.82) is 0 Å². The Bertz CT molecular complexity index is 437. The summed E-state index contributed by atoms with van der Waals surface area (Å²) in [5.41, 5.74) is 0.361. The molecule has 1 aromatic carbocycles. The fraction of sp³-hybridized carbons (Fsp3) is 0.500. The van der Waals surface area contributed by atoms with E-state index in [2.05, 4.69) is 17.6 Å². The van der Waals surface area contributed by atoms with Crippen molar-refractivity contribution in [2.75, 3.05) is 18.5 Å². The molecule has 3 N–H and O–H groups in total. The maximum Gasteiger partial charge on any atom is 0.319 e. The molecule has 1 unspecified atom stereocenters. The molecule has 0 spiro atoms. The summed E-state index contributed by atoms with van der Waals surface area (Å²) in [6, 6.07) is 3.39. The number of aliphatic hydroxyl groups is 1. The van der Waals surface area contributed by atoms with Crippen molar-refractivity contribution < 1.29 is 14.3 Å². The normalized spacial score (nSPS) is 12.0. The highest BCUT2D eigenvalue weighted by atomic mass is 35.5. The molecule has 0 fully saturated rings. The monoisotopic (exact) mass is 302 g/mol. The zero-order valence-corrected chi connectivity index (χ0v) is 12.2. The summed E-state index contributed by atoms with van der Waals surface area (Å²) in [4.78, 5) is 11.7. The number of anilines is 1. The molecule has 2 amide bonds. The molecule has 1 rings (SSSR count). The summed E-state index contributed by atoms with van der Waals surface area (Å²) in [6.07, 6.45) is 2.60. The van der Waals surface area contributed by atoms with Crippen LogP contribution in [-0.4, -0.2) is 24.3 Å². The van der Waals surface area contributed by atoms with E-state index >= 15 is 0 Å².